The number of aliphatic hydroxyl groups is 1. The summed E-state index contributed by atoms with van der Waals surface area (Å²) in [4.78, 5) is 2.58. The van der Waals surface area contributed by atoms with Gasteiger partial charge in [0.1, 0.15) is 5.75 Å². The third-order valence-electron chi connectivity index (χ3n) is 6.32. The van der Waals surface area contributed by atoms with Crippen LogP contribution in [-0.2, 0) is 0 Å². The molecule has 2 bridgehead atoms. The topological polar surface area (TPSA) is 32.7 Å². The fraction of sp³-hybridized carbons (Fsp3) is 0.684. The Hall–Kier alpha value is -1.06. The van der Waals surface area contributed by atoms with Crippen LogP contribution in [0, 0.1) is 11.8 Å². The summed E-state index contributed by atoms with van der Waals surface area (Å²) in [6.07, 6.45) is 6.43. The highest BCUT2D eigenvalue weighted by Crippen LogP contribution is 2.47. The number of benzene rings is 1. The van der Waals surface area contributed by atoms with E-state index in [4.69, 9.17) is 4.74 Å². The maximum absolute atomic E-state index is 10.7. The van der Waals surface area contributed by atoms with E-state index in [1.54, 1.807) is 7.11 Å². The van der Waals surface area contributed by atoms with Gasteiger partial charge in [-0.3, -0.25) is 4.90 Å². The Morgan fingerprint density at radius 3 is 2.68 bits per heavy atom. The van der Waals surface area contributed by atoms with E-state index in [0.29, 0.717) is 0 Å². The van der Waals surface area contributed by atoms with Crippen LogP contribution in [0.15, 0.2) is 24.3 Å². The summed E-state index contributed by atoms with van der Waals surface area (Å²) < 4.78 is 5.49. The summed E-state index contributed by atoms with van der Waals surface area (Å²) in [5, 5.41) is 10.7. The predicted molar refractivity (Wildman–Crippen MR) is 87.2 cm³/mol. The van der Waals surface area contributed by atoms with Crippen molar-refractivity contribution in [3.05, 3.63) is 29.8 Å². The van der Waals surface area contributed by atoms with Crippen LogP contribution in [0.1, 0.15) is 43.6 Å². The molecule has 22 heavy (non-hydrogen) atoms. The van der Waals surface area contributed by atoms with Gasteiger partial charge in [0.2, 0.25) is 0 Å². The number of nitrogens with zero attached hydrogens (tertiary/aromatic N) is 1. The van der Waals surface area contributed by atoms with Crippen molar-refractivity contribution < 1.29 is 9.84 Å². The number of aliphatic hydroxyl groups excluding tert-OH is 1. The molecule has 3 nitrogen and oxygen atoms in total. The number of likely N-dealkylation sites (tertiary alicyclic amines) is 1. The first-order valence-electron chi connectivity index (χ1n) is 8.81. The molecular weight excluding hydrogens is 274 g/mol. The van der Waals surface area contributed by atoms with E-state index in [1.165, 1.54) is 31.2 Å². The molecule has 1 saturated heterocycles. The SMILES string of the molecule is COc1ccccc1[C@@H]1CCN([C@@H]2C[C@H]3CC[C@H]2C3)C[C@H]1O. The molecule has 2 aliphatic carbocycles. The van der Waals surface area contributed by atoms with E-state index >= 15 is 0 Å². The minimum absolute atomic E-state index is 0.214. The minimum atomic E-state index is -0.274. The fourth-order valence-corrected chi connectivity index (χ4v) is 5.25. The van der Waals surface area contributed by atoms with Crippen LogP contribution in [0.5, 0.6) is 5.75 Å². The molecule has 0 amide bonds. The molecule has 1 aromatic rings. The van der Waals surface area contributed by atoms with Crippen molar-refractivity contribution in [1.29, 1.82) is 0 Å². The maximum Gasteiger partial charge on any atom is 0.122 e. The minimum Gasteiger partial charge on any atom is -0.496 e. The lowest BCUT2D eigenvalue weighted by Gasteiger charge is -2.42. The van der Waals surface area contributed by atoms with E-state index in [-0.39, 0.29) is 12.0 Å². The van der Waals surface area contributed by atoms with Crippen molar-refractivity contribution in [1.82, 2.24) is 4.90 Å². The molecule has 0 spiro atoms. The highest BCUT2D eigenvalue weighted by Gasteiger charge is 2.44. The second-order valence-corrected chi connectivity index (χ2v) is 7.44. The van der Waals surface area contributed by atoms with Crippen LogP contribution >= 0.6 is 0 Å². The van der Waals surface area contributed by atoms with E-state index < -0.39 is 0 Å². The molecule has 3 aliphatic rings. The second kappa shape index (κ2) is 5.86. The monoisotopic (exact) mass is 301 g/mol. The lowest BCUT2D eigenvalue weighted by atomic mass is 9.84. The summed E-state index contributed by atoms with van der Waals surface area (Å²) in [6.45, 7) is 1.95. The van der Waals surface area contributed by atoms with Gasteiger partial charge in [-0.05, 0) is 55.7 Å². The fourth-order valence-electron chi connectivity index (χ4n) is 5.25. The van der Waals surface area contributed by atoms with Gasteiger partial charge in [0.05, 0.1) is 13.2 Å². The number of rotatable bonds is 3. The number of piperidine rings is 1. The third kappa shape index (κ3) is 2.44. The van der Waals surface area contributed by atoms with Gasteiger partial charge in [-0.1, -0.05) is 24.6 Å². The van der Waals surface area contributed by atoms with Crippen molar-refractivity contribution in [2.45, 2.75) is 50.2 Å². The van der Waals surface area contributed by atoms with Gasteiger partial charge in [0.15, 0.2) is 0 Å². The number of methoxy groups -OCH3 is 1. The zero-order valence-electron chi connectivity index (χ0n) is 13.4. The standard InChI is InChI=1S/C19H27NO2/c1-22-19-5-3-2-4-16(19)15-8-9-20(12-18(15)21)17-11-13-6-7-14(17)10-13/h2-5,13-15,17-18,21H,6-12H2,1H3/t13-,14-,15-,17+,18+/m0/s1. The normalized spacial score (nSPS) is 38.4. The van der Waals surface area contributed by atoms with Gasteiger partial charge in [0.25, 0.3) is 0 Å². The van der Waals surface area contributed by atoms with Gasteiger partial charge in [-0.15, -0.1) is 0 Å². The van der Waals surface area contributed by atoms with Gasteiger partial charge < -0.3 is 9.84 Å². The Balaban J connectivity index is 1.46. The summed E-state index contributed by atoms with van der Waals surface area (Å²) in [5.41, 5.74) is 1.17. The van der Waals surface area contributed by atoms with Crippen molar-refractivity contribution >= 4 is 0 Å². The van der Waals surface area contributed by atoms with Crippen LogP contribution in [0.25, 0.3) is 0 Å². The summed E-state index contributed by atoms with van der Waals surface area (Å²) >= 11 is 0. The number of fused-ring (bicyclic) bond motifs is 2. The molecule has 0 aromatic heterocycles. The zero-order chi connectivity index (χ0) is 15.1. The van der Waals surface area contributed by atoms with Crippen LogP contribution < -0.4 is 4.74 Å². The molecule has 120 valence electrons. The molecule has 3 fully saturated rings. The Kier molecular flexibility index (Phi) is 3.87. The van der Waals surface area contributed by atoms with Gasteiger partial charge in [-0.25, -0.2) is 0 Å². The van der Waals surface area contributed by atoms with E-state index in [1.807, 2.05) is 18.2 Å². The quantitative estimate of drug-likeness (QED) is 0.931. The first-order valence-corrected chi connectivity index (χ1v) is 8.81. The molecule has 1 aromatic carbocycles. The molecule has 1 heterocycles. The van der Waals surface area contributed by atoms with Crippen molar-refractivity contribution in [3.8, 4) is 5.75 Å². The molecule has 0 radical (unpaired) electrons. The van der Waals surface area contributed by atoms with Crippen molar-refractivity contribution in [3.63, 3.8) is 0 Å². The molecule has 3 heteroatoms. The van der Waals surface area contributed by atoms with E-state index in [0.717, 1.165) is 43.1 Å². The Morgan fingerprint density at radius 2 is 2.00 bits per heavy atom. The Morgan fingerprint density at radius 1 is 1.14 bits per heavy atom. The summed E-state index contributed by atoms with van der Waals surface area (Å²) in [5.74, 6) is 3.00. The van der Waals surface area contributed by atoms with Crippen LogP contribution in [0.4, 0.5) is 0 Å². The van der Waals surface area contributed by atoms with Gasteiger partial charge >= 0.3 is 0 Å². The predicted octanol–water partition coefficient (Wildman–Crippen LogP) is 3.03. The molecule has 1 aliphatic heterocycles. The lowest BCUT2D eigenvalue weighted by Crippen LogP contribution is -2.49. The number of hydrogen-bond donors (Lipinski definition) is 1. The highest BCUT2D eigenvalue weighted by atomic mass is 16.5. The lowest BCUT2D eigenvalue weighted by molar-refractivity contribution is 0.0155. The van der Waals surface area contributed by atoms with Crippen LogP contribution in [0.2, 0.25) is 0 Å². The first-order chi connectivity index (χ1) is 10.8. The van der Waals surface area contributed by atoms with Crippen LogP contribution in [0.3, 0.4) is 0 Å². The second-order valence-electron chi connectivity index (χ2n) is 7.44. The number of ether oxygens (including phenoxy) is 1. The number of para-hydroxylation sites is 1. The van der Waals surface area contributed by atoms with E-state index in [2.05, 4.69) is 11.0 Å². The summed E-state index contributed by atoms with van der Waals surface area (Å²) in [6, 6.07) is 8.91. The molecule has 4 rings (SSSR count). The highest BCUT2D eigenvalue weighted by molar-refractivity contribution is 5.37. The Labute approximate surface area is 133 Å². The maximum atomic E-state index is 10.7. The molecular formula is C19H27NO2. The summed E-state index contributed by atoms with van der Waals surface area (Å²) in [7, 11) is 1.72. The molecule has 5 atom stereocenters. The van der Waals surface area contributed by atoms with Crippen molar-refractivity contribution in [2.75, 3.05) is 20.2 Å². The molecule has 2 saturated carbocycles. The van der Waals surface area contributed by atoms with E-state index in [9.17, 15) is 5.11 Å². The van der Waals surface area contributed by atoms with Gasteiger partial charge in [0, 0.05) is 18.5 Å². The number of β-amino-alcohol motifs (C(OH)–C–C–N with tert-alkyl or cyclic N) is 1. The zero-order valence-corrected chi connectivity index (χ0v) is 13.4. The largest absolute Gasteiger partial charge is 0.496 e. The number of hydrogen-bond acceptors (Lipinski definition) is 3. The van der Waals surface area contributed by atoms with Crippen LogP contribution in [-0.4, -0.2) is 42.4 Å². The molecule has 1 N–H and O–H groups in total. The third-order valence-corrected chi connectivity index (χ3v) is 6.32. The molecule has 0 unspecified atom stereocenters. The Bertz CT molecular complexity index is 532. The first kappa shape index (κ1) is 14.5. The smallest absolute Gasteiger partial charge is 0.122 e. The average Bonchev–Trinajstić information content (AvgIpc) is 3.18. The average molecular weight is 301 g/mol. The van der Waals surface area contributed by atoms with Gasteiger partial charge in [-0.2, -0.15) is 0 Å². The van der Waals surface area contributed by atoms with Crippen molar-refractivity contribution in [2.24, 2.45) is 11.8 Å².